The second-order valence-electron chi connectivity index (χ2n) is 9.21. The molecule has 0 fully saturated rings. The third kappa shape index (κ3) is 4.66. The minimum absolute atomic E-state index is 0.0206. The van der Waals surface area contributed by atoms with Crippen molar-refractivity contribution >= 4 is 23.2 Å². The quantitative estimate of drug-likeness (QED) is 0.350. The topological polar surface area (TPSA) is 124 Å². The zero-order chi connectivity index (χ0) is 26.0. The van der Waals surface area contributed by atoms with Crippen molar-refractivity contribution < 1.29 is 24.2 Å². The van der Waals surface area contributed by atoms with E-state index in [2.05, 4.69) is 42.3 Å². The van der Waals surface area contributed by atoms with Gasteiger partial charge in [0.1, 0.15) is 5.52 Å². The van der Waals surface area contributed by atoms with E-state index >= 15 is 0 Å². The minimum atomic E-state index is -1.18. The molecule has 1 aromatic carbocycles. The number of rotatable bonds is 9. The highest BCUT2D eigenvalue weighted by atomic mass is 16.5. The second-order valence-corrected chi connectivity index (χ2v) is 9.21. The molecular weight excluding hydrogens is 458 g/mol. The molecule has 186 valence electrons. The molecular formula is C28H29N3O5. The van der Waals surface area contributed by atoms with Gasteiger partial charge in [0, 0.05) is 23.7 Å². The van der Waals surface area contributed by atoms with Gasteiger partial charge in [0.15, 0.2) is 6.61 Å². The molecule has 0 radical (unpaired) electrons. The molecule has 1 aliphatic rings. The third-order valence-electron chi connectivity index (χ3n) is 6.61. The molecule has 3 aromatic rings. The van der Waals surface area contributed by atoms with Gasteiger partial charge in [-0.1, -0.05) is 62.4 Å². The molecule has 1 unspecified atom stereocenters. The first-order chi connectivity index (χ1) is 17.1. The summed E-state index contributed by atoms with van der Waals surface area (Å²) >= 11 is 0. The van der Waals surface area contributed by atoms with Gasteiger partial charge in [0.2, 0.25) is 5.88 Å². The molecule has 0 saturated carbocycles. The lowest BCUT2D eigenvalue weighted by atomic mass is 9.76. The number of amides is 1. The summed E-state index contributed by atoms with van der Waals surface area (Å²) in [7, 11) is 0. The van der Waals surface area contributed by atoms with E-state index < -0.39 is 24.3 Å². The van der Waals surface area contributed by atoms with E-state index in [0.29, 0.717) is 24.1 Å². The van der Waals surface area contributed by atoms with Crippen LogP contribution in [0.15, 0.2) is 60.3 Å². The molecule has 36 heavy (non-hydrogen) atoms. The lowest BCUT2D eigenvalue weighted by Crippen LogP contribution is -2.24. The van der Waals surface area contributed by atoms with Gasteiger partial charge in [0.05, 0.1) is 11.3 Å². The fourth-order valence-corrected chi connectivity index (χ4v) is 4.77. The van der Waals surface area contributed by atoms with Crippen LogP contribution in [0.4, 0.5) is 0 Å². The second kappa shape index (κ2) is 9.81. The Labute approximate surface area is 209 Å². The maximum atomic E-state index is 12.9. The SMILES string of the molecule is CCc1c(C(=O)C(N)=O)c2c(OCC(=O)O)nc(C)cn2c1CC1=CCC(C)(c2ccccc2)C=C1. The monoisotopic (exact) mass is 487 g/mol. The number of aromatic nitrogens is 2. The van der Waals surface area contributed by atoms with Gasteiger partial charge in [-0.25, -0.2) is 9.78 Å². The van der Waals surface area contributed by atoms with Gasteiger partial charge in [-0.15, -0.1) is 0 Å². The Morgan fingerprint density at radius 1 is 1.22 bits per heavy atom. The summed E-state index contributed by atoms with van der Waals surface area (Å²) in [6.45, 7) is 5.21. The number of carbonyl (C=O) groups excluding carboxylic acids is 2. The summed E-state index contributed by atoms with van der Waals surface area (Å²) < 4.78 is 7.23. The number of allylic oxidation sites excluding steroid dienone is 4. The van der Waals surface area contributed by atoms with Gasteiger partial charge in [-0.2, -0.15) is 0 Å². The highest BCUT2D eigenvalue weighted by Crippen LogP contribution is 2.36. The van der Waals surface area contributed by atoms with E-state index in [1.54, 1.807) is 17.5 Å². The van der Waals surface area contributed by atoms with Crippen LogP contribution in [0.1, 0.15) is 53.1 Å². The van der Waals surface area contributed by atoms with Gasteiger partial charge in [-0.3, -0.25) is 9.59 Å². The van der Waals surface area contributed by atoms with Crippen molar-refractivity contribution in [3.8, 4) is 5.88 Å². The number of nitrogens with zero attached hydrogens (tertiary/aromatic N) is 2. The van der Waals surface area contributed by atoms with Crippen LogP contribution in [0.2, 0.25) is 0 Å². The fourth-order valence-electron chi connectivity index (χ4n) is 4.77. The number of aliphatic carboxylic acids is 1. The minimum Gasteiger partial charge on any atom is -0.479 e. The van der Waals surface area contributed by atoms with Crippen molar-refractivity contribution in [1.82, 2.24) is 9.38 Å². The summed E-state index contributed by atoms with van der Waals surface area (Å²) in [6.07, 6.45) is 10.0. The summed E-state index contributed by atoms with van der Waals surface area (Å²) in [5.74, 6) is -3.15. The number of carbonyl (C=O) groups is 3. The predicted octanol–water partition coefficient (Wildman–Crippen LogP) is 3.72. The Kier molecular flexibility index (Phi) is 6.79. The largest absolute Gasteiger partial charge is 0.479 e. The summed E-state index contributed by atoms with van der Waals surface area (Å²) in [4.78, 5) is 40.4. The van der Waals surface area contributed by atoms with Gasteiger partial charge >= 0.3 is 5.97 Å². The molecule has 3 N–H and O–H groups in total. The summed E-state index contributed by atoms with van der Waals surface area (Å²) in [6, 6.07) is 10.3. The first-order valence-corrected chi connectivity index (χ1v) is 11.8. The van der Waals surface area contributed by atoms with Crippen molar-refractivity contribution in [1.29, 1.82) is 0 Å². The molecule has 1 amide bonds. The van der Waals surface area contributed by atoms with Crippen molar-refractivity contribution in [3.63, 3.8) is 0 Å². The van der Waals surface area contributed by atoms with Crippen LogP contribution in [0, 0.1) is 6.92 Å². The average Bonchev–Trinajstić information content (AvgIpc) is 3.16. The van der Waals surface area contributed by atoms with Crippen LogP contribution in [-0.4, -0.2) is 38.8 Å². The number of benzene rings is 1. The van der Waals surface area contributed by atoms with Gasteiger partial charge in [0.25, 0.3) is 11.7 Å². The highest BCUT2D eigenvalue weighted by molar-refractivity contribution is 6.44. The van der Waals surface area contributed by atoms with Crippen LogP contribution >= 0.6 is 0 Å². The smallest absolute Gasteiger partial charge is 0.341 e. The standard InChI is InChI=1S/C28H29N3O5/c1-4-20-21(14-18-10-12-28(3,13-11-18)19-8-6-5-7-9-19)31-15-17(2)30-27(36-16-22(32)33)24(31)23(20)25(34)26(29)35/h5-12,15H,4,13-14,16H2,1-3H3,(H2,29,35)(H,32,33). The van der Waals surface area contributed by atoms with Crippen molar-refractivity contribution in [3.05, 3.63) is 88.4 Å². The highest BCUT2D eigenvalue weighted by Gasteiger charge is 2.30. The molecule has 8 nitrogen and oxygen atoms in total. The molecule has 2 heterocycles. The zero-order valence-electron chi connectivity index (χ0n) is 20.6. The molecule has 2 aromatic heterocycles. The first-order valence-electron chi connectivity index (χ1n) is 11.8. The number of hydrogen-bond donors (Lipinski definition) is 2. The van der Waals surface area contributed by atoms with Gasteiger partial charge < -0.3 is 20.0 Å². The van der Waals surface area contributed by atoms with Crippen molar-refractivity contribution in [2.75, 3.05) is 6.61 Å². The van der Waals surface area contributed by atoms with E-state index in [1.807, 2.05) is 25.1 Å². The number of Topliss-reactive ketones (excluding diaryl/α,β-unsaturated/α-hetero) is 1. The third-order valence-corrected chi connectivity index (χ3v) is 6.61. The number of ketones is 1. The van der Waals surface area contributed by atoms with Crippen LogP contribution in [0.3, 0.4) is 0 Å². The number of hydrogen-bond acceptors (Lipinski definition) is 5. The normalized spacial score (nSPS) is 17.1. The van der Waals surface area contributed by atoms with E-state index in [9.17, 15) is 14.4 Å². The zero-order valence-corrected chi connectivity index (χ0v) is 20.6. The molecule has 0 aliphatic heterocycles. The number of primary amides is 1. The lowest BCUT2D eigenvalue weighted by Gasteiger charge is -2.29. The van der Waals surface area contributed by atoms with Crippen LogP contribution in [-0.2, 0) is 27.8 Å². The maximum Gasteiger partial charge on any atom is 0.341 e. The number of nitrogens with two attached hydrogens (primary N) is 1. The molecule has 1 aliphatic carbocycles. The van der Waals surface area contributed by atoms with E-state index in [-0.39, 0.29) is 22.4 Å². The summed E-state index contributed by atoms with van der Waals surface area (Å²) in [5.41, 5.74) is 9.98. The van der Waals surface area contributed by atoms with Crippen LogP contribution in [0.5, 0.6) is 5.88 Å². The molecule has 0 spiro atoms. The Morgan fingerprint density at radius 2 is 1.94 bits per heavy atom. The molecule has 0 bridgehead atoms. The van der Waals surface area contributed by atoms with Crippen LogP contribution in [0.25, 0.3) is 5.52 Å². The molecule has 8 heteroatoms. The maximum absolute atomic E-state index is 12.9. The number of carboxylic acids is 1. The predicted molar refractivity (Wildman–Crippen MR) is 135 cm³/mol. The molecule has 4 rings (SSSR count). The average molecular weight is 488 g/mol. The first kappa shape index (κ1) is 24.9. The number of carboxylic acid groups (broad SMARTS) is 1. The Bertz CT molecular complexity index is 1420. The van der Waals surface area contributed by atoms with Gasteiger partial charge in [-0.05, 0) is 36.5 Å². The Balaban J connectivity index is 1.81. The van der Waals surface area contributed by atoms with Crippen molar-refractivity contribution in [2.24, 2.45) is 5.73 Å². The number of aryl methyl sites for hydroxylation is 1. The van der Waals surface area contributed by atoms with E-state index in [4.69, 9.17) is 15.6 Å². The van der Waals surface area contributed by atoms with E-state index in [1.165, 1.54) is 5.56 Å². The van der Waals surface area contributed by atoms with Crippen LogP contribution < -0.4 is 10.5 Å². The lowest BCUT2D eigenvalue weighted by molar-refractivity contribution is -0.139. The Hall–Kier alpha value is -4.20. The fraction of sp³-hybridized carbons (Fsp3) is 0.286. The molecule has 1 atom stereocenters. The number of ether oxygens (including phenoxy) is 1. The molecule has 0 saturated heterocycles. The summed E-state index contributed by atoms with van der Waals surface area (Å²) in [5, 5.41) is 9.11. The van der Waals surface area contributed by atoms with E-state index in [0.717, 1.165) is 17.7 Å². The number of fused-ring (bicyclic) bond motifs is 1. The van der Waals surface area contributed by atoms with Crippen molar-refractivity contribution in [2.45, 2.75) is 45.4 Å². The Morgan fingerprint density at radius 3 is 2.53 bits per heavy atom.